The molecule has 0 atom stereocenters. The third-order valence-electron chi connectivity index (χ3n) is 3.08. The van der Waals surface area contributed by atoms with Gasteiger partial charge in [0.05, 0.1) is 29.3 Å². The Balaban J connectivity index is 2.71. The van der Waals surface area contributed by atoms with Gasteiger partial charge < -0.3 is 15.0 Å². The number of terminal acetylenes is 1. The van der Waals surface area contributed by atoms with Crippen LogP contribution in [0, 0.1) is 26.2 Å². The number of rotatable bonds is 6. The molecule has 0 radical (unpaired) electrons. The summed E-state index contributed by atoms with van der Waals surface area (Å²) in [4.78, 5) is 22.1. The van der Waals surface area contributed by atoms with E-state index < -0.39 is 0 Å². The van der Waals surface area contributed by atoms with Gasteiger partial charge in [0.2, 0.25) is 0 Å². The summed E-state index contributed by atoms with van der Waals surface area (Å²) in [7, 11) is 1.69. The number of amides is 1. The van der Waals surface area contributed by atoms with Gasteiger partial charge in [-0.15, -0.1) is 6.42 Å². The van der Waals surface area contributed by atoms with Gasteiger partial charge in [0.15, 0.2) is 0 Å². The predicted octanol–water partition coefficient (Wildman–Crippen LogP) is 1.40. The van der Waals surface area contributed by atoms with Crippen LogP contribution >= 0.6 is 0 Å². The van der Waals surface area contributed by atoms with E-state index in [4.69, 9.17) is 11.2 Å². The maximum Gasteiger partial charge on any atom is 0.409 e. The van der Waals surface area contributed by atoms with Gasteiger partial charge in [0, 0.05) is 20.1 Å². The number of ether oxygens (including phenoxy) is 1. The minimum atomic E-state index is -0.365. The molecule has 0 fully saturated rings. The maximum atomic E-state index is 11.6. The normalized spacial score (nSPS) is 10.0. The Hall–Kier alpha value is -2.13. The number of hydrogen-bond acceptors (Lipinski definition) is 5. The third kappa shape index (κ3) is 5.04. The SMILES string of the molecule is C#CCNCc1nc(C)c(COC(=O)N(C)CC)nc1C. The van der Waals surface area contributed by atoms with Gasteiger partial charge in [-0.2, -0.15) is 0 Å². The van der Waals surface area contributed by atoms with E-state index in [1.807, 2.05) is 20.8 Å². The van der Waals surface area contributed by atoms with Gasteiger partial charge in [-0.3, -0.25) is 9.97 Å². The first kappa shape index (κ1) is 16.9. The van der Waals surface area contributed by atoms with Gasteiger partial charge >= 0.3 is 6.09 Å². The lowest BCUT2D eigenvalue weighted by Gasteiger charge is -2.15. The van der Waals surface area contributed by atoms with Gasteiger partial charge in [-0.05, 0) is 20.8 Å². The highest BCUT2D eigenvalue weighted by molar-refractivity contribution is 5.67. The first-order valence-electron chi connectivity index (χ1n) is 6.84. The molecule has 114 valence electrons. The van der Waals surface area contributed by atoms with Crippen LogP contribution in [-0.4, -0.2) is 41.1 Å². The van der Waals surface area contributed by atoms with E-state index in [0.29, 0.717) is 25.3 Å². The Morgan fingerprint density at radius 3 is 2.57 bits per heavy atom. The number of aromatic nitrogens is 2. The number of carbonyl (C=O) groups is 1. The first-order chi connectivity index (χ1) is 9.99. The molecule has 1 heterocycles. The van der Waals surface area contributed by atoms with Crippen LogP contribution in [-0.2, 0) is 17.9 Å². The number of carbonyl (C=O) groups excluding carboxylic acids is 1. The summed E-state index contributed by atoms with van der Waals surface area (Å²) in [6, 6.07) is 0. The number of nitrogens with one attached hydrogen (secondary N) is 1. The van der Waals surface area contributed by atoms with Crippen molar-refractivity contribution < 1.29 is 9.53 Å². The topological polar surface area (TPSA) is 67.4 Å². The van der Waals surface area contributed by atoms with Crippen molar-refractivity contribution in [3.63, 3.8) is 0 Å². The van der Waals surface area contributed by atoms with Crippen LogP contribution in [0.5, 0.6) is 0 Å². The molecule has 1 rings (SSSR count). The van der Waals surface area contributed by atoms with Gasteiger partial charge in [-0.25, -0.2) is 4.79 Å². The van der Waals surface area contributed by atoms with Gasteiger partial charge in [-0.1, -0.05) is 5.92 Å². The molecule has 0 spiro atoms. The lowest BCUT2D eigenvalue weighted by molar-refractivity contribution is 0.105. The number of aryl methyl sites for hydroxylation is 2. The predicted molar refractivity (Wildman–Crippen MR) is 80.5 cm³/mol. The molecule has 0 bridgehead atoms. The molecule has 1 amide bonds. The largest absolute Gasteiger partial charge is 0.443 e. The average molecular weight is 290 g/mol. The van der Waals surface area contributed by atoms with Crippen LogP contribution in [0.2, 0.25) is 0 Å². The molecule has 0 aromatic carbocycles. The summed E-state index contributed by atoms with van der Waals surface area (Å²) in [6.07, 6.45) is 4.82. The fourth-order valence-corrected chi connectivity index (χ4v) is 1.62. The van der Waals surface area contributed by atoms with E-state index in [1.54, 1.807) is 7.05 Å². The second kappa shape index (κ2) is 8.22. The monoisotopic (exact) mass is 290 g/mol. The molecule has 1 aromatic rings. The summed E-state index contributed by atoms with van der Waals surface area (Å²) in [5.41, 5.74) is 3.08. The lowest BCUT2D eigenvalue weighted by atomic mass is 10.2. The van der Waals surface area contributed by atoms with Crippen LogP contribution in [0.25, 0.3) is 0 Å². The fraction of sp³-hybridized carbons (Fsp3) is 0.533. The van der Waals surface area contributed by atoms with Gasteiger partial charge in [0.1, 0.15) is 6.61 Å². The van der Waals surface area contributed by atoms with E-state index in [2.05, 4.69) is 21.2 Å². The van der Waals surface area contributed by atoms with Crippen LogP contribution in [0.15, 0.2) is 0 Å². The summed E-state index contributed by atoms with van der Waals surface area (Å²) < 4.78 is 5.20. The van der Waals surface area contributed by atoms with Crippen LogP contribution < -0.4 is 5.32 Å². The van der Waals surface area contributed by atoms with Crippen molar-refractivity contribution in [3.05, 3.63) is 22.8 Å². The maximum absolute atomic E-state index is 11.6. The highest BCUT2D eigenvalue weighted by Crippen LogP contribution is 2.10. The average Bonchev–Trinajstić information content (AvgIpc) is 2.47. The summed E-state index contributed by atoms with van der Waals surface area (Å²) in [5.74, 6) is 2.51. The van der Waals surface area contributed by atoms with E-state index >= 15 is 0 Å². The second-order valence-electron chi connectivity index (χ2n) is 4.66. The summed E-state index contributed by atoms with van der Waals surface area (Å²) in [6.45, 7) is 7.40. The molecule has 1 aromatic heterocycles. The first-order valence-corrected chi connectivity index (χ1v) is 6.84. The summed E-state index contributed by atoms with van der Waals surface area (Å²) in [5, 5.41) is 3.08. The van der Waals surface area contributed by atoms with Crippen molar-refractivity contribution in [2.75, 3.05) is 20.1 Å². The molecule has 0 aliphatic carbocycles. The van der Waals surface area contributed by atoms with Crippen molar-refractivity contribution in [1.29, 1.82) is 0 Å². The summed E-state index contributed by atoms with van der Waals surface area (Å²) >= 11 is 0. The molecule has 0 saturated carbocycles. The molecule has 0 unspecified atom stereocenters. The quantitative estimate of drug-likeness (QED) is 0.633. The molecule has 0 aliphatic rings. The zero-order chi connectivity index (χ0) is 15.8. The smallest absolute Gasteiger partial charge is 0.409 e. The Labute approximate surface area is 125 Å². The molecule has 21 heavy (non-hydrogen) atoms. The van der Waals surface area contributed by atoms with E-state index in [0.717, 1.165) is 17.1 Å². The van der Waals surface area contributed by atoms with E-state index in [1.165, 1.54) is 4.90 Å². The number of hydrogen-bond donors (Lipinski definition) is 1. The minimum Gasteiger partial charge on any atom is -0.443 e. The zero-order valence-corrected chi connectivity index (χ0v) is 13.1. The molecule has 0 saturated heterocycles. The van der Waals surface area contributed by atoms with Gasteiger partial charge in [0.25, 0.3) is 0 Å². The van der Waals surface area contributed by atoms with Crippen molar-refractivity contribution >= 4 is 6.09 Å². The molecule has 0 aliphatic heterocycles. The highest BCUT2D eigenvalue weighted by atomic mass is 16.6. The van der Waals surface area contributed by atoms with Crippen molar-refractivity contribution in [2.45, 2.75) is 33.9 Å². The molecule has 1 N–H and O–H groups in total. The van der Waals surface area contributed by atoms with Crippen LogP contribution in [0.4, 0.5) is 4.79 Å². The molecular formula is C15H22N4O2. The Morgan fingerprint density at radius 2 is 1.95 bits per heavy atom. The standard InChI is InChI=1S/C15H22N4O2/c1-6-8-16-9-13-11(3)18-14(12(4)17-13)10-21-15(20)19(5)7-2/h1,16H,7-10H2,2-5H3. The minimum absolute atomic E-state index is 0.126. The van der Waals surface area contributed by atoms with E-state index in [-0.39, 0.29) is 12.7 Å². The lowest BCUT2D eigenvalue weighted by Crippen LogP contribution is -2.27. The second-order valence-corrected chi connectivity index (χ2v) is 4.66. The molecular weight excluding hydrogens is 268 g/mol. The van der Waals surface area contributed by atoms with Crippen LogP contribution in [0.3, 0.4) is 0 Å². The molecule has 6 nitrogen and oxygen atoms in total. The van der Waals surface area contributed by atoms with E-state index in [9.17, 15) is 4.79 Å². The Kier molecular flexibility index (Phi) is 6.63. The van der Waals surface area contributed by atoms with Crippen molar-refractivity contribution in [1.82, 2.24) is 20.2 Å². The number of nitrogens with zero attached hydrogens (tertiary/aromatic N) is 3. The van der Waals surface area contributed by atoms with Crippen molar-refractivity contribution in [3.8, 4) is 12.3 Å². The van der Waals surface area contributed by atoms with Crippen molar-refractivity contribution in [2.24, 2.45) is 0 Å². The highest BCUT2D eigenvalue weighted by Gasteiger charge is 2.12. The third-order valence-corrected chi connectivity index (χ3v) is 3.08. The fourth-order valence-electron chi connectivity index (χ4n) is 1.62. The Morgan fingerprint density at radius 1 is 1.33 bits per heavy atom. The zero-order valence-electron chi connectivity index (χ0n) is 13.1. The Bertz CT molecular complexity index is 537. The van der Waals surface area contributed by atoms with Crippen LogP contribution in [0.1, 0.15) is 29.7 Å². The molecule has 6 heteroatoms.